The molecule has 240 valence electrons. The fourth-order valence-corrected chi connectivity index (χ4v) is 11.7. The number of sulfonamides is 2. The number of fused-ring (bicyclic) bond motifs is 1. The predicted octanol–water partition coefficient (Wildman–Crippen LogP) is 7.25. The van der Waals surface area contributed by atoms with Crippen molar-refractivity contribution in [3.63, 3.8) is 0 Å². The van der Waals surface area contributed by atoms with Crippen molar-refractivity contribution >= 4 is 88.7 Å². The van der Waals surface area contributed by atoms with E-state index >= 15 is 0 Å². The van der Waals surface area contributed by atoms with Crippen molar-refractivity contribution in [1.82, 2.24) is 14.7 Å². The predicted molar refractivity (Wildman–Crippen MR) is 179 cm³/mol. The van der Waals surface area contributed by atoms with Crippen LogP contribution in [0.2, 0.25) is 8.67 Å². The number of thiophene rings is 2. The third-order valence-corrected chi connectivity index (χ3v) is 14.3. The Balaban J connectivity index is 1.70. The van der Waals surface area contributed by atoms with E-state index in [-0.39, 0.29) is 44.8 Å². The minimum Gasteiger partial charge on any atom is -0.465 e. The Morgan fingerprint density at radius 2 is 1.50 bits per heavy atom. The Hall–Kier alpha value is -3.65. The second-order valence-corrected chi connectivity index (χ2v) is 18.7. The number of amides is 1. The molecular weight excluding hydrogens is 714 g/mol. The van der Waals surface area contributed by atoms with E-state index in [0.29, 0.717) is 39.3 Å². The zero-order valence-electron chi connectivity index (χ0n) is 24.4. The first-order chi connectivity index (χ1) is 21.5. The van der Waals surface area contributed by atoms with Crippen LogP contribution in [0.3, 0.4) is 0 Å². The summed E-state index contributed by atoms with van der Waals surface area (Å²) in [4.78, 5) is 13.2. The molecule has 2 aromatic carbocycles. The third kappa shape index (κ3) is 6.46. The number of anilines is 1. The van der Waals surface area contributed by atoms with Gasteiger partial charge in [0.25, 0.3) is 20.0 Å². The summed E-state index contributed by atoms with van der Waals surface area (Å²) in [7, 11) is -9.70. The molecule has 17 heteroatoms. The summed E-state index contributed by atoms with van der Waals surface area (Å²) < 4.78 is 57.8. The van der Waals surface area contributed by atoms with Gasteiger partial charge in [-0.05, 0) is 68.3 Å². The lowest BCUT2D eigenvalue weighted by molar-refractivity contribution is 0.0955. The quantitative estimate of drug-likeness (QED) is 0.166. The molecule has 0 bridgehead atoms. The Bertz CT molecular complexity index is 2160. The molecule has 0 aliphatic carbocycles. The second-order valence-electron chi connectivity index (χ2n) is 11.0. The van der Waals surface area contributed by atoms with Gasteiger partial charge in [0, 0.05) is 12.1 Å². The van der Waals surface area contributed by atoms with Gasteiger partial charge in [-0.2, -0.15) is 27.2 Å². The van der Waals surface area contributed by atoms with Crippen molar-refractivity contribution in [2.45, 2.75) is 47.8 Å². The Morgan fingerprint density at radius 3 is 2.00 bits per heavy atom. The molecule has 1 N–H and O–H groups in total. The Morgan fingerprint density at radius 1 is 0.935 bits per heavy atom. The SMILES string of the molecule is CC(C)(C)N(Cc1cccc(Cn2nc(N(S(=O)(=O)c3ccc(Cl)s3)S(=O)(=O)c3ccc(Cl)s3)c3c(C#N)cccc32)c1)C(=O)O. The van der Waals surface area contributed by atoms with E-state index in [1.807, 2.05) is 6.07 Å². The van der Waals surface area contributed by atoms with Crippen molar-refractivity contribution in [1.29, 1.82) is 5.26 Å². The van der Waals surface area contributed by atoms with Gasteiger partial charge in [0.05, 0.1) is 37.8 Å². The molecule has 0 fully saturated rings. The van der Waals surface area contributed by atoms with Crippen LogP contribution in [0.15, 0.2) is 75.1 Å². The molecule has 0 spiro atoms. The normalized spacial score (nSPS) is 12.3. The molecule has 0 aliphatic rings. The topological polar surface area (TPSA) is 154 Å². The molecule has 5 aromatic rings. The molecule has 46 heavy (non-hydrogen) atoms. The highest BCUT2D eigenvalue weighted by Crippen LogP contribution is 2.40. The standard InChI is InChI=1S/C29H25Cl2N5O6S4/c1-29(2,3)34(28(37)38)16-18-6-4-7-19(14-18)17-35-21-9-5-8-20(15-32)26(21)27(33-35)36(45(39,40)24-12-10-22(30)43-24)46(41,42)25-13-11-23(31)44-25/h4-14H,16-17H2,1-3H3,(H,37,38). The maximum atomic E-state index is 14.2. The van der Waals surface area contributed by atoms with Gasteiger partial charge in [-0.1, -0.05) is 53.5 Å². The average molecular weight is 739 g/mol. The second kappa shape index (κ2) is 12.5. The van der Waals surface area contributed by atoms with Gasteiger partial charge in [0.15, 0.2) is 5.82 Å². The van der Waals surface area contributed by atoms with Crippen LogP contribution in [0.4, 0.5) is 10.6 Å². The lowest BCUT2D eigenvalue weighted by Gasteiger charge is -2.33. The number of nitriles is 1. The molecule has 0 aliphatic heterocycles. The first-order valence-corrected chi connectivity index (χ1v) is 18.6. The smallest absolute Gasteiger partial charge is 0.408 e. The fraction of sp³-hybridized carbons (Fsp3) is 0.207. The summed E-state index contributed by atoms with van der Waals surface area (Å²) in [6.07, 6.45) is -1.08. The van der Waals surface area contributed by atoms with Crippen LogP contribution in [0.1, 0.15) is 37.5 Å². The summed E-state index contributed by atoms with van der Waals surface area (Å²) in [5.41, 5.74) is 0.995. The van der Waals surface area contributed by atoms with Crippen LogP contribution in [0, 0.1) is 11.3 Å². The number of carbonyl (C=O) groups is 1. The zero-order valence-corrected chi connectivity index (χ0v) is 29.2. The van der Waals surface area contributed by atoms with Gasteiger partial charge in [0.1, 0.15) is 8.42 Å². The van der Waals surface area contributed by atoms with Gasteiger partial charge >= 0.3 is 6.09 Å². The van der Waals surface area contributed by atoms with E-state index in [1.54, 1.807) is 57.2 Å². The van der Waals surface area contributed by atoms with Gasteiger partial charge in [0.2, 0.25) is 0 Å². The minimum absolute atomic E-state index is 0.00129. The molecule has 11 nitrogen and oxygen atoms in total. The summed E-state index contributed by atoms with van der Waals surface area (Å²) in [6, 6.07) is 18.8. The van der Waals surface area contributed by atoms with Crippen molar-refractivity contribution in [2.24, 2.45) is 0 Å². The van der Waals surface area contributed by atoms with Gasteiger partial charge in [-0.3, -0.25) is 9.58 Å². The number of nitrogens with zero attached hydrogens (tertiary/aromatic N) is 5. The summed E-state index contributed by atoms with van der Waals surface area (Å²) in [6.45, 7) is 5.50. The Kier molecular flexibility index (Phi) is 9.17. The highest BCUT2D eigenvalue weighted by molar-refractivity contribution is 8.11. The molecule has 3 heterocycles. The summed E-state index contributed by atoms with van der Waals surface area (Å²) in [5.74, 6) is -0.498. The molecular formula is C29H25Cl2N5O6S4. The monoisotopic (exact) mass is 737 g/mol. The van der Waals surface area contributed by atoms with E-state index in [9.17, 15) is 32.0 Å². The molecule has 3 aromatic heterocycles. The third-order valence-electron chi connectivity index (χ3n) is 6.80. The van der Waals surface area contributed by atoms with E-state index in [1.165, 1.54) is 39.9 Å². The Labute approximate surface area is 283 Å². The van der Waals surface area contributed by atoms with E-state index in [4.69, 9.17) is 23.2 Å². The number of halogens is 2. The van der Waals surface area contributed by atoms with Crippen LogP contribution in [0.5, 0.6) is 0 Å². The van der Waals surface area contributed by atoms with E-state index < -0.39 is 37.5 Å². The first kappa shape index (κ1) is 33.7. The number of hydrogen-bond acceptors (Lipinski definition) is 9. The first-order valence-electron chi connectivity index (χ1n) is 13.3. The maximum Gasteiger partial charge on any atom is 0.408 e. The fourth-order valence-electron chi connectivity index (χ4n) is 4.72. The molecule has 0 atom stereocenters. The zero-order chi connectivity index (χ0) is 33.6. The van der Waals surface area contributed by atoms with Crippen molar-refractivity contribution in [3.05, 3.63) is 92.1 Å². The van der Waals surface area contributed by atoms with Crippen LogP contribution in [0.25, 0.3) is 10.9 Å². The molecule has 0 unspecified atom stereocenters. The summed E-state index contributed by atoms with van der Waals surface area (Å²) in [5, 5.41) is 24.3. The van der Waals surface area contributed by atoms with Crippen LogP contribution < -0.4 is 3.71 Å². The van der Waals surface area contributed by atoms with Crippen LogP contribution in [-0.2, 0) is 33.1 Å². The van der Waals surface area contributed by atoms with E-state index in [2.05, 4.69) is 5.10 Å². The molecule has 0 saturated carbocycles. The number of aromatic nitrogens is 2. The largest absolute Gasteiger partial charge is 0.465 e. The molecule has 5 rings (SSSR count). The van der Waals surface area contributed by atoms with Crippen molar-refractivity contribution in [3.8, 4) is 6.07 Å². The number of benzene rings is 2. The molecule has 0 radical (unpaired) electrons. The van der Waals surface area contributed by atoms with Crippen LogP contribution >= 0.6 is 45.9 Å². The number of rotatable bonds is 9. The highest BCUT2D eigenvalue weighted by Gasteiger charge is 2.42. The van der Waals surface area contributed by atoms with Gasteiger partial charge in [-0.25, -0.2) is 4.79 Å². The number of hydrogen-bond donors (Lipinski definition) is 1. The van der Waals surface area contributed by atoms with Crippen molar-refractivity contribution < 1.29 is 26.7 Å². The van der Waals surface area contributed by atoms with Gasteiger partial charge in [-0.15, -0.1) is 26.4 Å². The van der Waals surface area contributed by atoms with E-state index in [0.717, 1.165) is 0 Å². The van der Waals surface area contributed by atoms with Crippen LogP contribution in [-0.4, -0.2) is 48.3 Å². The lowest BCUT2D eigenvalue weighted by atomic mass is 10.0. The van der Waals surface area contributed by atoms with Gasteiger partial charge < -0.3 is 5.11 Å². The van der Waals surface area contributed by atoms with Crippen molar-refractivity contribution in [2.75, 3.05) is 3.71 Å². The minimum atomic E-state index is -4.85. The summed E-state index contributed by atoms with van der Waals surface area (Å²) >= 11 is 13.4. The highest BCUT2D eigenvalue weighted by atomic mass is 35.5. The maximum absolute atomic E-state index is 14.2. The average Bonchev–Trinajstić information content (AvgIpc) is 3.70. The molecule has 1 amide bonds. The molecule has 0 saturated heterocycles. The lowest BCUT2D eigenvalue weighted by Crippen LogP contribution is -2.44. The number of carboxylic acid groups (broad SMARTS) is 1.